The summed E-state index contributed by atoms with van der Waals surface area (Å²) >= 11 is 0. The Morgan fingerprint density at radius 1 is 0.967 bits per heavy atom. The number of rotatable bonds is 6. The van der Waals surface area contributed by atoms with E-state index in [1.54, 1.807) is 14.2 Å². The van der Waals surface area contributed by atoms with Gasteiger partial charge in [0, 0.05) is 23.1 Å². The van der Waals surface area contributed by atoms with Crippen LogP contribution >= 0.6 is 0 Å². The fourth-order valence-electron chi connectivity index (χ4n) is 3.56. The lowest BCUT2D eigenvalue weighted by atomic mass is 10.00. The van der Waals surface area contributed by atoms with E-state index in [0.29, 0.717) is 17.9 Å². The van der Waals surface area contributed by atoms with Crippen molar-refractivity contribution in [1.29, 1.82) is 0 Å². The lowest BCUT2D eigenvalue weighted by Crippen LogP contribution is -2.38. The first kappa shape index (κ1) is 19.6. The average molecular weight is 405 g/mol. The quantitative estimate of drug-likeness (QED) is 0.651. The minimum absolute atomic E-state index is 0.207. The molecule has 6 nitrogen and oxygen atoms in total. The van der Waals surface area contributed by atoms with Crippen molar-refractivity contribution >= 4 is 6.09 Å². The summed E-state index contributed by atoms with van der Waals surface area (Å²) in [5.74, 6) is 2.00. The molecule has 0 radical (unpaired) electrons. The molecule has 1 heterocycles. The van der Waals surface area contributed by atoms with Crippen LogP contribution < -0.4 is 19.5 Å². The Kier molecular flexibility index (Phi) is 5.75. The third-order valence-corrected chi connectivity index (χ3v) is 4.95. The van der Waals surface area contributed by atoms with Crippen LogP contribution in [0.1, 0.15) is 11.1 Å². The van der Waals surface area contributed by atoms with Gasteiger partial charge in [0.05, 0.1) is 14.2 Å². The predicted molar refractivity (Wildman–Crippen MR) is 113 cm³/mol. The van der Waals surface area contributed by atoms with Crippen LogP contribution in [0.15, 0.2) is 66.7 Å². The molecule has 1 N–H and O–H groups in total. The van der Waals surface area contributed by atoms with Crippen LogP contribution in [0.4, 0.5) is 4.79 Å². The Labute approximate surface area is 175 Å². The van der Waals surface area contributed by atoms with Crippen molar-refractivity contribution in [1.82, 2.24) is 5.32 Å². The van der Waals surface area contributed by atoms with Crippen LogP contribution in [0.5, 0.6) is 17.2 Å². The van der Waals surface area contributed by atoms with Crippen molar-refractivity contribution in [3.63, 3.8) is 0 Å². The van der Waals surface area contributed by atoms with Gasteiger partial charge in [0.2, 0.25) is 0 Å². The minimum atomic E-state index is -0.517. The number of hydrogen-bond donors (Lipinski definition) is 1. The Hall–Kier alpha value is -3.67. The van der Waals surface area contributed by atoms with Crippen LogP contribution in [-0.4, -0.2) is 26.5 Å². The van der Waals surface area contributed by atoms with Gasteiger partial charge in [-0.1, -0.05) is 60.7 Å². The normalized spacial score (nSPS) is 14.4. The molecular weight excluding hydrogens is 382 g/mol. The van der Waals surface area contributed by atoms with Gasteiger partial charge in [0.25, 0.3) is 0 Å². The van der Waals surface area contributed by atoms with E-state index in [0.717, 1.165) is 28.0 Å². The lowest BCUT2D eigenvalue weighted by molar-refractivity contribution is 0.113. The molecule has 3 aromatic carbocycles. The number of amides is 1. The number of alkyl carbamates (subject to hydrolysis) is 1. The van der Waals surface area contributed by atoms with Crippen molar-refractivity contribution in [2.24, 2.45) is 0 Å². The minimum Gasteiger partial charge on any atom is -0.493 e. The molecule has 4 rings (SSSR count). The van der Waals surface area contributed by atoms with Gasteiger partial charge in [-0.25, -0.2) is 4.79 Å². The molecule has 0 saturated carbocycles. The van der Waals surface area contributed by atoms with E-state index < -0.39 is 12.3 Å². The summed E-state index contributed by atoms with van der Waals surface area (Å²) in [4.78, 5) is 12.2. The molecule has 30 heavy (non-hydrogen) atoms. The Morgan fingerprint density at radius 2 is 1.73 bits per heavy atom. The highest BCUT2D eigenvalue weighted by atomic mass is 16.6. The molecule has 6 heteroatoms. The first-order valence-corrected chi connectivity index (χ1v) is 9.66. The summed E-state index contributed by atoms with van der Waals surface area (Å²) in [6.45, 7) is 0.207. The number of benzene rings is 3. The van der Waals surface area contributed by atoms with Gasteiger partial charge in [-0.15, -0.1) is 0 Å². The maximum Gasteiger partial charge on any atom is 0.410 e. The molecule has 0 bridgehead atoms. The number of hydrogen-bond acceptors (Lipinski definition) is 5. The van der Waals surface area contributed by atoms with E-state index in [4.69, 9.17) is 18.9 Å². The van der Waals surface area contributed by atoms with Gasteiger partial charge in [-0.05, 0) is 11.6 Å². The van der Waals surface area contributed by atoms with Gasteiger partial charge >= 0.3 is 6.09 Å². The second-order valence-corrected chi connectivity index (χ2v) is 6.85. The van der Waals surface area contributed by atoms with Crippen molar-refractivity contribution < 1.29 is 23.7 Å². The Morgan fingerprint density at radius 3 is 2.50 bits per heavy atom. The second kappa shape index (κ2) is 8.78. The molecule has 1 aliphatic rings. The van der Waals surface area contributed by atoms with E-state index in [9.17, 15) is 4.79 Å². The fourth-order valence-corrected chi connectivity index (χ4v) is 3.56. The zero-order valence-corrected chi connectivity index (χ0v) is 16.9. The van der Waals surface area contributed by atoms with Gasteiger partial charge in [0.15, 0.2) is 17.7 Å². The van der Waals surface area contributed by atoms with E-state index in [1.807, 2.05) is 66.7 Å². The SMILES string of the molecule is COc1cccc(-c2cccc3c2OC(NC(=O)OCc2ccccc2)C3)c1OC. The molecule has 1 atom stereocenters. The molecule has 0 saturated heterocycles. The van der Waals surface area contributed by atoms with Crippen molar-refractivity contribution in [3.05, 3.63) is 77.9 Å². The maximum atomic E-state index is 12.2. The molecule has 0 fully saturated rings. The van der Waals surface area contributed by atoms with Crippen LogP contribution in [0.2, 0.25) is 0 Å². The van der Waals surface area contributed by atoms with Crippen LogP contribution in [0.3, 0.4) is 0 Å². The summed E-state index contributed by atoms with van der Waals surface area (Å²) in [6, 6.07) is 21.2. The van der Waals surface area contributed by atoms with Crippen molar-refractivity contribution in [3.8, 4) is 28.4 Å². The largest absolute Gasteiger partial charge is 0.493 e. The molecule has 0 aliphatic carbocycles. The summed E-state index contributed by atoms with van der Waals surface area (Å²) in [5.41, 5.74) is 3.67. The van der Waals surface area contributed by atoms with Gasteiger partial charge in [0.1, 0.15) is 12.4 Å². The number of ether oxygens (including phenoxy) is 4. The van der Waals surface area contributed by atoms with Crippen LogP contribution in [0.25, 0.3) is 11.1 Å². The molecule has 0 spiro atoms. The fraction of sp³-hybridized carbons (Fsp3) is 0.208. The van der Waals surface area contributed by atoms with Crippen LogP contribution in [0, 0.1) is 0 Å². The third-order valence-electron chi connectivity index (χ3n) is 4.95. The molecule has 1 amide bonds. The van der Waals surface area contributed by atoms with Crippen LogP contribution in [-0.2, 0) is 17.8 Å². The number of para-hydroxylation sites is 2. The standard InChI is InChI=1S/C24H23NO5/c1-27-20-13-7-12-19(23(20)28-2)18-11-6-10-17-14-21(30-22(17)18)25-24(26)29-15-16-8-4-3-5-9-16/h3-13,21H,14-15H2,1-2H3,(H,25,26). The molecule has 154 valence electrons. The Bertz CT molecular complexity index is 1040. The number of carbonyl (C=O) groups is 1. The topological polar surface area (TPSA) is 66.0 Å². The van der Waals surface area contributed by atoms with Crippen molar-refractivity contribution in [2.45, 2.75) is 19.3 Å². The number of carbonyl (C=O) groups excluding carboxylic acids is 1. The highest BCUT2D eigenvalue weighted by molar-refractivity contribution is 5.80. The third kappa shape index (κ3) is 4.03. The Balaban J connectivity index is 1.48. The first-order chi connectivity index (χ1) is 14.7. The smallest absolute Gasteiger partial charge is 0.410 e. The molecule has 0 aromatic heterocycles. The predicted octanol–water partition coefficient (Wildman–Crippen LogP) is 4.56. The zero-order chi connectivity index (χ0) is 20.9. The summed E-state index contributed by atoms with van der Waals surface area (Å²) in [7, 11) is 3.22. The highest BCUT2D eigenvalue weighted by Gasteiger charge is 2.28. The molecule has 1 unspecified atom stereocenters. The number of nitrogens with one attached hydrogen (secondary N) is 1. The maximum absolute atomic E-state index is 12.2. The molecule has 3 aromatic rings. The van der Waals surface area contributed by atoms with E-state index in [-0.39, 0.29) is 6.61 Å². The second-order valence-electron chi connectivity index (χ2n) is 6.85. The van der Waals surface area contributed by atoms with E-state index >= 15 is 0 Å². The monoisotopic (exact) mass is 405 g/mol. The first-order valence-electron chi connectivity index (χ1n) is 9.66. The number of fused-ring (bicyclic) bond motifs is 1. The van der Waals surface area contributed by atoms with E-state index in [2.05, 4.69) is 5.32 Å². The summed E-state index contributed by atoms with van der Waals surface area (Å²) in [6.07, 6.45) is -0.464. The molecule has 1 aliphatic heterocycles. The average Bonchev–Trinajstić information content (AvgIpc) is 3.20. The summed E-state index contributed by atoms with van der Waals surface area (Å²) < 4.78 is 22.4. The van der Waals surface area contributed by atoms with Gasteiger partial charge < -0.3 is 18.9 Å². The van der Waals surface area contributed by atoms with E-state index in [1.165, 1.54) is 0 Å². The number of methoxy groups -OCH3 is 2. The molecular formula is C24H23NO5. The summed E-state index contributed by atoms with van der Waals surface area (Å²) in [5, 5.41) is 2.79. The highest BCUT2D eigenvalue weighted by Crippen LogP contribution is 2.44. The van der Waals surface area contributed by atoms with Gasteiger partial charge in [-0.2, -0.15) is 0 Å². The van der Waals surface area contributed by atoms with Crippen molar-refractivity contribution in [2.75, 3.05) is 14.2 Å². The lowest BCUT2D eigenvalue weighted by Gasteiger charge is -2.16. The van der Waals surface area contributed by atoms with Gasteiger partial charge in [-0.3, -0.25) is 5.32 Å². The zero-order valence-electron chi connectivity index (χ0n) is 16.9.